The zero-order valence-electron chi connectivity index (χ0n) is 31.6. The number of hydrogen-bond donors (Lipinski definition) is 0. The van der Waals surface area contributed by atoms with Gasteiger partial charge in [-0.05, 0) is 82.4 Å². The van der Waals surface area contributed by atoms with Crippen LogP contribution < -0.4 is 4.90 Å². The summed E-state index contributed by atoms with van der Waals surface area (Å²) in [6.45, 7) is 0. The summed E-state index contributed by atoms with van der Waals surface area (Å²) in [4.78, 5) is 20.6. The molecule has 0 bridgehead atoms. The molecule has 1 aliphatic rings. The molecule has 0 spiro atoms. The fourth-order valence-corrected chi connectivity index (χ4v) is 11.0. The van der Waals surface area contributed by atoms with Gasteiger partial charge in [-0.1, -0.05) is 145 Å². The number of benzene rings is 9. The van der Waals surface area contributed by atoms with E-state index < -0.39 is 0 Å². The van der Waals surface area contributed by atoms with Crippen LogP contribution in [-0.2, 0) is 0 Å². The standard InChI is InChI=1S/C53H32N4S2/c1-3-15-34(16-4-1)51-54-52(56-53(55-51)43-24-12-22-40-38-20-9-10-26-45(38)59-50(40)43)41-30-31-47-48-39(41)21-11-23-42(48)49-44(25-13-27-46(49)58-47)57(36-18-5-2-6-19-36)37-29-28-33-14-7-8-17-35(33)32-37/h1-32H. The predicted molar refractivity (Wildman–Crippen MR) is 248 cm³/mol. The van der Waals surface area contributed by atoms with Crippen molar-refractivity contribution in [2.75, 3.05) is 4.90 Å². The first-order valence-electron chi connectivity index (χ1n) is 19.7. The van der Waals surface area contributed by atoms with Crippen LogP contribution in [0.5, 0.6) is 0 Å². The van der Waals surface area contributed by atoms with E-state index in [0.29, 0.717) is 17.5 Å². The quantitative estimate of drug-likeness (QED) is 0.168. The zero-order valence-corrected chi connectivity index (χ0v) is 33.2. The summed E-state index contributed by atoms with van der Waals surface area (Å²) in [5.74, 6) is 1.98. The Bertz CT molecular complexity index is 3430. The van der Waals surface area contributed by atoms with E-state index in [4.69, 9.17) is 15.0 Å². The highest BCUT2D eigenvalue weighted by Gasteiger charge is 2.27. The maximum atomic E-state index is 5.34. The van der Waals surface area contributed by atoms with E-state index in [1.807, 2.05) is 30.0 Å². The molecule has 0 amide bonds. The molecule has 0 N–H and O–H groups in total. The summed E-state index contributed by atoms with van der Waals surface area (Å²) in [5, 5.41) is 7.21. The lowest BCUT2D eigenvalue weighted by molar-refractivity contribution is 1.08. The van der Waals surface area contributed by atoms with Gasteiger partial charge in [0.15, 0.2) is 17.5 Å². The van der Waals surface area contributed by atoms with Crippen molar-refractivity contribution in [3.8, 4) is 45.3 Å². The molecular weight excluding hydrogens is 757 g/mol. The van der Waals surface area contributed by atoms with Gasteiger partial charge in [0.25, 0.3) is 0 Å². The summed E-state index contributed by atoms with van der Waals surface area (Å²) in [6.07, 6.45) is 0. The minimum Gasteiger partial charge on any atom is -0.310 e. The lowest BCUT2D eigenvalue weighted by Gasteiger charge is -2.31. The van der Waals surface area contributed by atoms with E-state index in [0.717, 1.165) is 39.1 Å². The first-order valence-corrected chi connectivity index (χ1v) is 21.3. The van der Waals surface area contributed by atoms with Crippen molar-refractivity contribution in [3.05, 3.63) is 194 Å². The molecular formula is C53H32N4S2. The van der Waals surface area contributed by atoms with Crippen LogP contribution in [-0.4, -0.2) is 15.0 Å². The van der Waals surface area contributed by atoms with Crippen molar-refractivity contribution in [2.24, 2.45) is 0 Å². The van der Waals surface area contributed by atoms with Crippen molar-refractivity contribution >= 4 is 81.9 Å². The topological polar surface area (TPSA) is 41.9 Å². The van der Waals surface area contributed by atoms with Crippen molar-refractivity contribution in [1.82, 2.24) is 15.0 Å². The lowest BCUT2D eigenvalue weighted by Crippen LogP contribution is -2.12. The van der Waals surface area contributed by atoms with E-state index in [1.165, 1.54) is 57.2 Å². The molecule has 0 atom stereocenters. The van der Waals surface area contributed by atoms with Crippen molar-refractivity contribution in [2.45, 2.75) is 9.79 Å². The molecule has 59 heavy (non-hydrogen) atoms. The fraction of sp³-hybridized carbons (Fsp3) is 0. The van der Waals surface area contributed by atoms with Crippen LogP contribution in [0.15, 0.2) is 204 Å². The number of thiophene rings is 1. The van der Waals surface area contributed by atoms with Gasteiger partial charge in [0.2, 0.25) is 0 Å². The molecule has 0 radical (unpaired) electrons. The average Bonchev–Trinajstić information content (AvgIpc) is 3.69. The molecule has 4 nitrogen and oxygen atoms in total. The molecule has 12 rings (SSSR count). The molecule has 0 unspecified atom stereocenters. The summed E-state index contributed by atoms with van der Waals surface area (Å²) >= 11 is 3.62. The van der Waals surface area contributed by atoms with Crippen LogP contribution in [0.3, 0.4) is 0 Å². The van der Waals surface area contributed by atoms with E-state index in [2.05, 4.69) is 181 Å². The minimum atomic E-state index is 0.653. The van der Waals surface area contributed by atoms with Crippen LogP contribution in [0.2, 0.25) is 0 Å². The number of rotatable bonds is 6. The second-order valence-corrected chi connectivity index (χ2v) is 16.9. The third-order valence-corrected chi connectivity index (χ3v) is 13.6. The highest BCUT2D eigenvalue weighted by atomic mass is 32.2. The van der Waals surface area contributed by atoms with Gasteiger partial charge in [0, 0.05) is 69.0 Å². The van der Waals surface area contributed by atoms with Crippen molar-refractivity contribution in [1.29, 1.82) is 0 Å². The molecule has 0 saturated heterocycles. The van der Waals surface area contributed by atoms with Crippen LogP contribution >= 0.6 is 23.1 Å². The molecule has 11 aromatic rings. The Morgan fingerprint density at radius 1 is 0.407 bits per heavy atom. The van der Waals surface area contributed by atoms with Crippen molar-refractivity contribution in [3.63, 3.8) is 0 Å². The van der Waals surface area contributed by atoms with Crippen molar-refractivity contribution < 1.29 is 0 Å². The first kappa shape index (κ1) is 34.0. The van der Waals surface area contributed by atoms with Gasteiger partial charge >= 0.3 is 0 Å². The Morgan fingerprint density at radius 3 is 1.95 bits per heavy atom. The van der Waals surface area contributed by atoms with Crippen LogP contribution in [0.1, 0.15) is 0 Å². The Balaban J connectivity index is 1.07. The highest BCUT2D eigenvalue weighted by Crippen LogP contribution is 2.54. The first-order chi connectivity index (χ1) is 29.2. The molecule has 3 heterocycles. The Hall–Kier alpha value is -7.12. The van der Waals surface area contributed by atoms with Gasteiger partial charge in [0.05, 0.1) is 5.69 Å². The zero-order chi connectivity index (χ0) is 38.9. The van der Waals surface area contributed by atoms with E-state index in [1.54, 1.807) is 11.3 Å². The van der Waals surface area contributed by atoms with Gasteiger partial charge in [0.1, 0.15) is 0 Å². The van der Waals surface area contributed by atoms with Gasteiger partial charge in [-0.3, -0.25) is 0 Å². The summed E-state index contributed by atoms with van der Waals surface area (Å²) < 4.78 is 2.43. The summed E-state index contributed by atoms with van der Waals surface area (Å²) in [7, 11) is 0. The van der Waals surface area contributed by atoms with Crippen LogP contribution in [0.25, 0.3) is 87.0 Å². The minimum absolute atomic E-state index is 0.653. The molecule has 0 saturated carbocycles. The third kappa shape index (κ3) is 5.63. The van der Waals surface area contributed by atoms with Gasteiger partial charge in [-0.2, -0.15) is 0 Å². The van der Waals surface area contributed by atoms with Crippen LogP contribution in [0, 0.1) is 0 Å². The average molecular weight is 789 g/mol. The Labute approximate surface area is 349 Å². The number of fused-ring (bicyclic) bond motifs is 6. The fourth-order valence-electron chi connectivity index (χ4n) is 8.62. The number of hydrogen-bond acceptors (Lipinski definition) is 6. The maximum absolute atomic E-state index is 5.34. The molecule has 0 fully saturated rings. The number of nitrogens with zero attached hydrogens (tertiary/aromatic N) is 4. The number of aromatic nitrogens is 3. The molecule has 1 aliphatic heterocycles. The number of para-hydroxylation sites is 1. The largest absolute Gasteiger partial charge is 0.310 e. The third-order valence-electron chi connectivity index (χ3n) is 11.3. The lowest BCUT2D eigenvalue weighted by atomic mass is 9.93. The number of anilines is 3. The monoisotopic (exact) mass is 788 g/mol. The van der Waals surface area contributed by atoms with Gasteiger partial charge < -0.3 is 4.90 Å². The highest BCUT2D eigenvalue weighted by molar-refractivity contribution is 7.99. The normalized spacial score (nSPS) is 12.0. The summed E-state index contributed by atoms with van der Waals surface area (Å²) in [5.41, 5.74) is 8.69. The second-order valence-electron chi connectivity index (χ2n) is 14.7. The molecule has 6 heteroatoms. The van der Waals surface area contributed by atoms with Crippen LogP contribution in [0.4, 0.5) is 17.1 Å². The van der Waals surface area contributed by atoms with E-state index in [-0.39, 0.29) is 0 Å². The smallest absolute Gasteiger partial charge is 0.165 e. The van der Waals surface area contributed by atoms with E-state index >= 15 is 0 Å². The van der Waals surface area contributed by atoms with Gasteiger partial charge in [-0.15, -0.1) is 11.3 Å². The SMILES string of the molecule is c1ccc(-c2nc(-c3ccc4c5c(cccc35)-c3c(cccc3N(c3ccccc3)c3ccc5ccccc5c3)S4)nc(-c3cccc4c3sc3ccccc34)n2)cc1. The Kier molecular flexibility index (Phi) is 7.93. The van der Waals surface area contributed by atoms with E-state index in [9.17, 15) is 0 Å². The second kappa shape index (κ2) is 13.8. The molecule has 9 aromatic carbocycles. The Morgan fingerprint density at radius 2 is 1.08 bits per heavy atom. The van der Waals surface area contributed by atoms with Gasteiger partial charge in [-0.25, -0.2) is 15.0 Å². The predicted octanol–water partition coefficient (Wildman–Crippen LogP) is 15.1. The maximum Gasteiger partial charge on any atom is 0.165 e. The molecule has 2 aromatic heterocycles. The molecule has 0 aliphatic carbocycles. The summed E-state index contributed by atoms with van der Waals surface area (Å²) in [6, 6.07) is 69.2. The molecule has 276 valence electrons.